The van der Waals surface area contributed by atoms with Crippen molar-refractivity contribution in [1.29, 1.82) is 0 Å². The minimum absolute atomic E-state index is 0.278. The van der Waals surface area contributed by atoms with Gasteiger partial charge in [-0.25, -0.2) is 0 Å². The SMILES string of the molecule is CCOc1cccc2c1NC[C@@H](O)C2. The van der Waals surface area contributed by atoms with Gasteiger partial charge < -0.3 is 15.2 Å². The van der Waals surface area contributed by atoms with Crippen molar-refractivity contribution in [3.63, 3.8) is 0 Å². The van der Waals surface area contributed by atoms with Crippen molar-refractivity contribution in [1.82, 2.24) is 0 Å². The first-order valence-electron chi connectivity index (χ1n) is 4.98. The van der Waals surface area contributed by atoms with E-state index in [1.807, 2.05) is 25.1 Å². The Morgan fingerprint density at radius 1 is 1.57 bits per heavy atom. The van der Waals surface area contributed by atoms with Crippen LogP contribution in [0.2, 0.25) is 0 Å². The van der Waals surface area contributed by atoms with Crippen LogP contribution in [-0.4, -0.2) is 24.4 Å². The molecule has 0 aromatic heterocycles. The van der Waals surface area contributed by atoms with Gasteiger partial charge in [-0.15, -0.1) is 0 Å². The Morgan fingerprint density at radius 3 is 3.21 bits per heavy atom. The van der Waals surface area contributed by atoms with E-state index < -0.39 is 0 Å². The number of fused-ring (bicyclic) bond motifs is 1. The molecule has 76 valence electrons. The Labute approximate surface area is 83.7 Å². The fourth-order valence-electron chi connectivity index (χ4n) is 1.77. The van der Waals surface area contributed by atoms with Crippen molar-refractivity contribution in [2.24, 2.45) is 0 Å². The number of rotatable bonds is 2. The molecule has 1 atom stereocenters. The molecule has 0 amide bonds. The lowest BCUT2D eigenvalue weighted by Crippen LogP contribution is -2.27. The first-order chi connectivity index (χ1) is 6.81. The molecule has 0 radical (unpaired) electrons. The van der Waals surface area contributed by atoms with E-state index in [2.05, 4.69) is 5.32 Å². The zero-order valence-electron chi connectivity index (χ0n) is 8.29. The Hall–Kier alpha value is -1.22. The van der Waals surface area contributed by atoms with Gasteiger partial charge in [-0.05, 0) is 18.6 Å². The molecule has 0 unspecified atom stereocenters. The largest absolute Gasteiger partial charge is 0.492 e. The summed E-state index contributed by atoms with van der Waals surface area (Å²) in [4.78, 5) is 0. The van der Waals surface area contributed by atoms with Crippen molar-refractivity contribution >= 4 is 5.69 Å². The predicted molar refractivity (Wildman–Crippen MR) is 55.8 cm³/mol. The van der Waals surface area contributed by atoms with E-state index >= 15 is 0 Å². The molecule has 0 saturated heterocycles. The van der Waals surface area contributed by atoms with Gasteiger partial charge in [0.1, 0.15) is 5.75 Å². The molecule has 3 nitrogen and oxygen atoms in total. The molecule has 3 heteroatoms. The van der Waals surface area contributed by atoms with Gasteiger partial charge in [0.2, 0.25) is 0 Å². The van der Waals surface area contributed by atoms with Gasteiger partial charge >= 0.3 is 0 Å². The molecule has 1 aromatic rings. The van der Waals surface area contributed by atoms with Crippen LogP contribution < -0.4 is 10.1 Å². The number of nitrogens with one attached hydrogen (secondary N) is 1. The second kappa shape index (κ2) is 3.88. The van der Waals surface area contributed by atoms with Crippen molar-refractivity contribution < 1.29 is 9.84 Å². The first-order valence-corrected chi connectivity index (χ1v) is 4.98. The van der Waals surface area contributed by atoms with Crippen molar-refractivity contribution in [2.45, 2.75) is 19.4 Å². The molecular formula is C11H15NO2. The van der Waals surface area contributed by atoms with Crippen LogP contribution >= 0.6 is 0 Å². The quantitative estimate of drug-likeness (QED) is 0.746. The molecule has 2 rings (SSSR count). The zero-order chi connectivity index (χ0) is 9.97. The van der Waals surface area contributed by atoms with Crippen LogP contribution in [0.1, 0.15) is 12.5 Å². The monoisotopic (exact) mass is 193 g/mol. The van der Waals surface area contributed by atoms with Gasteiger partial charge in [0, 0.05) is 13.0 Å². The summed E-state index contributed by atoms with van der Waals surface area (Å²) in [5.41, 5.74) is 2.18. The van der Waals surface area contributed by atoms with E-state index in [1.165, 1.54) is 0 Å². The number of hydrogen-bond donors (Lipinski definition) is 2. The fourth-order valence-corrected chi connectivity index (χ4v) is 1.77. The Morgan fingerprint density at radius 2 is 2.43 bits per heavy atom. The standard InChI is InChI=1S/C11H15NO2/c1-2-14-10-5-3-4-8-6-9(13)7-12-11(8)10/h3-5,9,12-13H,2,6-7H2,1H3/t9-/m0/s1. The molecule has 1 aromatic carbocycles. The minimum atomic E-state index is -0.278. The second-order valence-electron chi connectivity index (χ2n) is 3.46. The molecule has 2 N–H and O–H groups in total. The summed E-state index contributed by atoms with van der Waals surface area (Å²) in [6, 6.07) is 5.93. The minimum Gasteiger partial charge on any atom is -0.492 e. The van der Waals surface area contributed by atoms with E-state index in [0.717, 1.165) is 17.0 Å². The van der Waals surface area contributed by atoms with E-state index in [-0.39, 0.29) is 6.10 Å². The fraction of sp³-hybridized carbons (Fsp3) is 0.455. The molecule has 14 heavy (non-hydrogen) atoms. The molecule has 0 aliphatic carbocycles. The number of benzene rings is 1. The smallest absolute Gasteiger partial charge is 0.142 e. The van der Waals surface area contributed by atoms with Crippen molar-refractivity contribution in [3.05, 3.63) is 23.8 Å². The Balaban J connectivity index is 2.31. The lowest BCUT2D eigenvalue weighted by Gasteiger charge is -2.24. The van der Waals surface area contributed by atoms with Crippen LogP contribution in [0.15, 0.2) is 18.2 Å². The maximum absolute atomic E-state index is 9.47. The lowest BCUT2D eigenvalue weighted by molar-refractivity contribution is 0.184. The van der Waals surface area contributed by atoms with E-state index in [4.69, 9.17) is 4.74 Å². The molecule has 0 fully saturated rings. The highest BCUT2D eigenvalue weighted by Crippen LogP contribution is 2.31. The molecule has 0 spiro atoms. The predicted octanol–water partition coefficient (Wildman–Crippen LogP) is 1.41. The van der Waals surface area contributed by atoms with Gasteiger partial charge in [-0.1, -0.05) is 12.1 Å². The molecule has 1 heterocycles. The summed E-state index contributed by atoms with van der Waals surface area (Å²) in [7, 11) is 0. The van der Waals surface area contributed by atoms with Gasteiger partial charge in [-0.2, -0.15) is 0 Å². The number of β-amino-alcohol motifs (C(OH)–C–C–N with tert-alkyl or cyclic N) is 1. The summed E-state index contributed by atoms with van der Waals surface area (Å²) >= 11 is 0. The normalized spacial score (nSPS) is 19.7. The average Bonchev–Trinajstić information content (AvgIpc) is 2.18. The number of aliphatic hydroxyl groups is 1. The highest BCUT2D eigenvalue weighted by atomic mass is 16.5. The van der Waals surface area contributed by atoms with Crippen LogP contribution in [0.25, 0.3) is 0 Å². The zero-order valence-corrected chi connectivity index (χ0v) is 8.29. The number of anilines is 1. The van der Waals surface area contributed by atoms with Crippen molar-refractivity contribution in [2.75, 3.05) is 18.5 Å². The average molecular weight is 193 g/mol. The van der Waals surface area contributed by atoms with Gasteiger partial charge in [0.15, 0.2) is 0 Å². The van der Waals surface area contributed by atoms with Crippen LogP contribution in [-0.2, 0) is 6.42 Å². The maximum atomic E-state index is 9.47. The number of aliphatic hydroxyl groups excluding tert-OH is 1. The van der Waals surface area contributed by atoms with Crippen LogP contribution in [0.4, 0.5) is 5.69 Å². The van der Waals surface area contributed by atoms with E-state index in [1.54, 1.807) is 0 Å². The number of hydrogen-bond acceptors (Lipinski definition) is 3. The summed E-state index contributed by atoms with van der Waals surface area (Å²) < 4.78 is 5.50. The third-order valence-corrected chi connectivity index (χ3v) is 2.38. The van der Waals surface area contributed by atoms with Gasteiger partial charge in [-0.3, -0.25) is 0 Å². The summed E-state index contributed by atoms with van der Waals surface area (Å²) in [6.07, 6.45) is 0.433. The van der Waals surface area contributed by atoms with E-state index in [0.29, 0.717) is 19.6 Å². The van der Waals surface area contributed by atoms with Crippen LogP contribution in [0.5, 0.6) is 5.75 Å². The third kappa shape index (κ3) is 1.68. The topological polar surface area (TPSA) is 41.5 Å². The Bertz CT molecular complexity index is 311. The molecule has 1 aliphatic rings. The number of para-hydroxylation sites is 1. The van der Waals surface area contributed by atoms with Crippen LogP contribution in [0.3, 0.4) is 0 Å². The highest BCUT2D eigenvalue weighted by Gasteiger charge is 2.18. The Kier molecular flexibility index (Phi) is 2.59. The van der Waals surface area contributed by atoms with Gasteiger partial charge in [0.05, 0.1) is 18.4 Å². The molecule has 0 bridgehead atoms. The maximum Gasteiger partial charge on any atom is 0.142 e. The second-order valence-corrected chi connectivity index (χ2v) is 3.46. The first kappa shape index (κ1) is 9.34. The summed E-state index contributed by atoms with van der Waals surface area (Å²) in [5, 5.41) is 12.7. The molecule has 0 saturated carbocycles. The third-order valence-electron chi connectivity index (χ3n) is 2.38. The van der Waals surface area contributed by atoms with E-state index in [9.17, 15) is 5.11 Å². The molecular weight excluding hydrogens is 178 g/mol. The number of ether oxygens (including phenoxy) is 1. The lowest BCUT2D eigenvalue weighted by atomic mass is 10.0. The summed E-state index contributed by atoms with van der Waals surface area (Å²) in [5.74, 6) is 0.886. The van der Waals surface area contributed by atoms with Gasteiger partial charge in [0.25, 0.3) is 0 Å². The summed E-state index contributed by atoms with van der Waals surface area (Å²) in [6.45, 7) is 3.24. The highest BCUT2D eigenvalue weighted by molar-refractivity contribution is 5.63. The van der Waals surface area contributed by atoms with Crippen LogP contribution in [0, 0.1) is 0 Å². The van der Waals surface area contributed by atoms with Crippen molar-refractivity contribution in [3.8, 4) is 5.75 Å². The molecule has 1 aliphatic heterocycles.